The monoisotopic (exact) mass is 264 g/mol. The molecule has 0 aromatic heterocycles. The number of benzene rings is 1. The zero-order valence-corrected chi connectivity index (χ0v) is 12.1. The molecule has 0 saturated heterocycles. The Morgan fingerprint density at radius 2 is 2.05 bits per heavy atom. The van der Waals surface area contributed by atoms with E-state index in [0.717, 1.165) is 12.8 Å². The molecule has 0 fully saturated rings. The van der Waals surface area contributed by atoms with Crippen LogP contribution in [0.1, 0.15) is 56.3 Å². The first-order valence-electron chi connectivity index (χ1n) is 7.02. The Bertz CT molecular complexity index is 387. The van der Waals surface area contributed by atoms with E-state index in [1.54, 1.807) is 25.3 Å². The highest BCUT2D eigenvalue weighted by atomic mass is 16.5. The minimum atomic E-state index is -0.276. The Balaban J connectivity index is 2.40. The maximum absolute atomic E-state index is 11.9. The maximum Gasteiger partial charge on any atom is 0.338 e. The van der Waals surface area contributed by atoms with Gasteiger partial charge in [-0.3, -0.25) is 0 Å². The van der Waals surface area contributed by atoms with E-state index in [-0.39, 0.29) is 12.1 Å². The summed E-state index contributed by atoms with van der Waals surface area (Å²) in [6.07, 6.45) is 5.68. The minimum Gasteiger partial charge on any atom is -0.497 e. The molecular formula is C16H24O3. The summed E-state index contributed by atoms with van der Waals surface area (Å²) < 4.78 is 10.5. The predicted octanol–water partition coefficient (Wildman–Crippen LogP) is 4.21. The molecule has 0 heterocycles. The molecule has 0 unspecified atom stereocenters. The van der Waals surface area contributed by atoms with E-state index in [9.17, 15) is 4.79 Å². The maximum atomic E-state index is 11.9. The van der Waals surface area contributed by atoms with Crippen LogP contribution in [0.15, 0.2) is 24.3 Å². The van der Waals surface area contributed by atoms with E-state index < -0.39 is 0 Å². The molecule has 0 bridgehead atoms. The van der Waals surface area contributed by atoms with E-state index >= 15 is 0 Å². The van der Waals surface area contributed by atoms with Crippen LogP contribution in [0.3, 0.4) is 0 Å². The summed E-state index contributed by atoms with van der Waals surface area (Å²) in [5.74, 6) is 0.395. The lowest BCUT2D eigenvalue weighted by atomic mass is 10.1. The van der Waals surface area contributed by atoms with Crippen molar-refractivity contribution in [1.82, 2.24) is 0 Å². The van der Waals surface area contributed by atoms with Crippen LogP contribution >= 0.6 is 0 Å². The summed E-state index contributed by atoms with van der Waals surface area (Å²) in [4.78, 5) is 11.9. The first kappa shape index (κ1) is 15.5. The molecule has 1 aromatic carbocycles. The topological polar surface area (TPSA) is 35.5 Å². The lowest BCUT2D eigenvalue weighted by molar-refractivity contribution is 0.0319. The number of carbonyl (C=O) groups excluding carboxylic acids is 1. The van der Waals surface area contributed by atoms with Gasteiger partial charge in [-0.1, -0.05) is 32.3 Å². The van der Waals surface area contributed by atoms with Gasteiger partial charge in [0.25, 0.3) is 0 Å². The van der Waals surface area contributed by atoms with Crippen LogP contribution in [0.25, 0.3) is 0 Å². The highest BCUT2D eigenvalue weighted by Gasteiger charge is 2.12. The van der Waals surface area contributed by atoms with Crippen molar-refractivity contribution in [2.45, 2.75) is 52.1 Å². The highest BCUT2D eigenvalue weighted by Crippen LogP contribution is 2.15. The lowest BCUT2D eigenvalue weighted by Crippen LogP contribution is -2.15. The number of ether oxygens (including phenoxy) is 2. The first-order valence-corrected chi connectivity index (χ1v) is 7.02. The van der Waals surface area contributed by atoms with Gasteiger partial charge in [0, 0.05) is 0 Å². The summed E-state index contributed by atoms with van der Waals surface area (Å²) in [5, 5.41) is 0. The number of rotatable bonds is 8. The number of hydrogen-bond acceptors (Lipinski definition) is 3. The Hall–Kier alpha value is -1.51. The second-order valence-electron chi connectivity index (χ2n) is 4.80. The number of carbonyl (C=O) groups is 1. The van der Waals surface area contributed by atoms with E-state index in [1.807, 2.05) is 13.0 Å². The van der Waals surface area contributed by atoms with Crippen molar-refractivity contribution in [3.05, 3.63) is 29.8 Å². The average Bonchev–Trinajstić information content (AvgIpc) is 2.43. The zero-order chi connectivity index (χ0) is 14.1. The fourth-order valence-electron chi connectivity index (χ4n) is 1.92. The molecule has 0 radical (unpaired) electrons. The SMILES string of the molecule is CCCCCC[C@@H](C)OC(=O)c1cccc(OC)c1. The van der Waals surface area contributed by atoms with Crippen LogP contribution in [0.4, 0.5) is 0 Å². The number of methoxy groups -OCH3 is 1. The standard InChI is InChI=1S/C16H24O3/c1-4-5-6-7-9-13(2)19-16(17)14-10-8-11-15(12-14)18-3/h8,10-13H,4-7,9H2,1-3H3/t13-/m1/s1. The van der Waals surface area contributed by atoms with Crippen LogP contribution in [0.2, 0.25) is 0 Å². The molecule has 0 amide bonds. The van der Waals surface area contributed by atoms with Gasteiger partial charge in [-0.2, -0.15) is 0 Å². The highest BCUT2D eigenvalue weighted by molar-refractivity contribution is 5.89. The van der Waals surface area contributed by atoms with E-state index in [4.69, 9.17) is 9.47 Å². The molecule has 0 aliphatic rings. The normalized spacial score (nSPS) is 11.9. The molecule has 0 aliphatic carbocycles. The molecule has 3 heteroatoms. The summed E-state index contributed by atoms with van der Waals surface area (Å²) in [6.45, 7) is 4.14. The fourth-order valence-corrected chi connectivity index (χ4v) is 1.92. The zero-order valence-electron chi connectivity index (χ0n) is 12.1. The van der Waals surface area contributed by atoms with Crippen molar-refractivity contribution in [2.24, 2.45) is 0 Å². The summed E-state index contributed by atoms with van der Waals surface area (Å²) in [7, 11) is 1.58. The lowest BCUT2D eigenvalue weighted by Gasteiger charge is -2.13. The molecule has 0 N–H and O–H groups in total. The molecule has 0 saturated carbocycles. The van der Waals surface area contributed by atoms with Crippen LogP contribution < -0.4 is 4.74 Å². The van der Waals surface area contributed by atoms with Crippen LogP contribution in [-0.4, -0.2) is 19.2 Å². The van der Waals surface area contributed by atoms with Gasteiger partial charge in [0.15, 0.2) is 0 Å². The Morgan fingerprint density at radius 1 is 1.26 bits per heavy atom. The van der Waals surface area contributed by atoms with E-state index in [1.165, 1.54) is 19.3 Å². The smallest absolute Gasteiger partial charge is 0.338 e. The molecular weight excluding hydrogens is 240 g/mol. The molecule has 0 spiro atoms. The van der Waals surface area contributed by atoms with Gasteiger partial charge < -0.3 is 9.47 Å². The second kappa shape index (κ2) is 8.57. The van der Waals surface area contributed by atoms with Crippen molar-refractivity contribution in [3.8, 4) is 5.75 Å². The van der Waals surface area contributed by atoms with Crippen molar-refractivity contribution in [1.29, 1.82) is 0 Å². The van der Waals surface area contributed by atoms with Crippen LogP contribution in [0, 0.1) is 0 Å². The molecule has 19 heavy (non-hydrogen) atoms. The van der Waals surface area contributed by atoms with Crippen LogP contribution in [0.5, 0.6) is 5.75 Å². The number of esters is 1. The van der Waals surface area contributed by atoms with Crippen LogP contribution in [-0.2, 0) is 4.74 Å². The molecule has 1 rings (SSSR count). The largest absolute Gasteiger partial charge is 0.497 e. The third-order valence-corrected chi connectivity index (χ3v) is 3.08. The van der Waals surface area contributed by atoms with Crippen molar-refractivity contribution < 1.29 is 14.3 Å². The quantitative estimate of drug-likeness (QED) is 0.521. The van der Waals surface area contributed by atoms with Gasteiger partial charge in [-0.05, 0) is 38.0 Å². The molecule has 1 aromatic rings. The fraction of sp³-hybridized carbons (Fsp3) is 0.562. The minimum absolute atomic E-state index is 0.0319. The predicted molar refractivity (Wildman–Crippen MR) is 76.6 cm³/mol. The number of unbranched alkanes of at least 4 members (excludes halogenated alkanes) is 3. The van der Waals surface area contributed by atoms with Crippen molar-refractivity contribution >= 4 is 5.97 Å². The van der Waals surface area contributed by atoms with Gasteiger partial charge >= 0.3 is 5.97 Å². The second-order valence-corrected chi connectivity index (χ2v) is 4.80. The Morgan fingerprint density at radius 3 is 2.74 bits per heavy atom. The first-order chi connectivity index (χ1) is 9.17. The van der Waals surface area contributed by atoms with E-state index in [0.29, 0.717) is 11.3 Å². The van der Waals surface area contributed by atoms with Gasteiger partial charge in [0.1, 0.15) is 5.75 Å². The van der Waals surface area contributed by atoms with Crippen molar-refractivity contribution in [3.63, 3.8) is 0 Å². The van der Waals surface area contributed by atoms with Gasteiger partial charge in [0.05, 0.1) is 18.8 Å². The third kappa shape index (κ3) is 5.77. The molecule has 0 aliphatic heterocycles. The Kier molecular flexibility index (Phi) is 7.01. The molecule has 106 valence electrons. The molecule has 3 nitrogen and oxygen atoms in total. The Labute approximate surface area is 115 Å². The summed E-state index contributed by atoms with van der Waals surface area (Å²) in [6, 6.07) is 7.05. The summed E-state index contributed by atoms with van der Waals surface area (Å²) in [5.41, 5.74) is 0.541. The third-order valence-electron chi connectivity index (χ3n) is 3.08. The number of hydrogen-bond donors (Lipinski definition) is 0. The molecule has 1 atom stereocenters. The van der Waals surface area contributed by atoms with Gasteiger partial charge in [-0.15, -0.1) is 0 Å². The van der Waals surface area contributed by atoms with Gasteiger partial charge in [0.2, 0.25) is 0 Å². The van der Waals surface area contributed by atoms with E-state index in [2.05, 4.69) is 6.92 Å². The average molecular weight is 264 g/mol. The summed E-state index contributed by atoms with van der Waals surface area (Å²) >= 11 is 0. The van der Waals surface area contributed by atoms with Crippen molar-refractivity contribution in [2.75, 3.05) is 7.11 Å². The van der Waals surface area contributed by atoms with Gasteiger partial charge in [-0.25, -0.2) is 4.79 Å².